The molecule has 1 fully saturated rings. The van der Waals surface area contributed by atoms with E-state index in [9.17, 15) is 0 Å². The van der Waals surface area contributed by atoms with Crippen LogP contribution in [0.2, 0.25) is 23.3 Å². The number of nitrogen functional groups attached to an aromatic ring is 1. The zero-order valence-corrected chi connectivity index (χ0v) is 15.8. The Morgan fingerprint density at radius 1 is 1.41 bits per heavy atom. The van der Waals surface area contributed by atoms with E-state index in [-0.39, 0.29) is 10.5 Å². The fourth-order valence-electron chi connectivity index (χ4n) is 1.75. The lowest BCUT2D eigenvalue weighted by molar-refractivity contribution is 0.246. The van der Waals surface area contributed by atoms with Gasteiger partial charge in [-0.1, -0.05) is 44.2 Å². The van der Waals surface area contributed by atoms with Crippen LogP contribution in [0.5, 0.6) is 0 Å². The molecule has 1 aliphatic carbocycles. The molecular weight excluding hydrogens is 312 g/mol. The first-order valence-corrected chi connectivity index (χ1v) is 10.9. The van der Waals surface area contributed by atoms with Gasteiger partial charge in [-0.3, -0.25) is 0 Å². The molecule has 0 radical (unpaired) electrons. The van der Waals surface area contributed by atoms with Crippen molar-refractivity contribution >= 4 is 25.6 Å². The number of anilines is 1. The Labute approximate surface area is 139 Å². The van der Waals surface area contributed by atoms with Crippen molar-refractivity contribution in [3.05, 3.63) is 23.0 Å². The van der Waals surface area contributed by atoms with E-state index in [0.29, 0.717) is 10.8 Å². The second kappa shape index (κ2) is 5.88. The van der Waals surface area contributed by atoms with Crippen molar-refractivity contribution in [1.82, 2.24) is 4.98 Å². The van der Waals surface area contributed by atoms with Crippen LogP contribution in [-0.2, 0) is 4.43 Å². The monoisotopic (exact) mass is 336 g/mol. The molecule has 1 aromatic rings. The Balaban J connectivity index is 2.08. The normalized spacial score (nSPS) is 16.8. The van der Waals surface area contributed by atoms with Gasteiger partial charge < -0.3 is 10.2 Å². The Bertz CT molecular complexity index is 622. The third-order valence-electron chi connectivity index (χ3n) is 4.77. The maximum atomic E-state index is 6.33. The first-order valence-electron chi connectivity index (χ1n) is 7.63. The lowest BCUT2D eigenvalue weighted by Gasteiger charge is -2.36. The fourth-order valence-corrected chi connectivity index (χ4v) is 2.98. The van der Waals surface area contributed by atoms with Crippen LogP contribution in [0.4, 0.5) is 5.69 Å². The highest BCUT2D eigenvalue weighted by atomic mass is 35.5. The summed E-state index contributed by atoms with van der Waals surface area (Å²) in [5.74, 6) is 6.53. The van der Waals surface area contributed by atoms with Gasteiger partial charge in [0.15, 0.2) is 13.5 Å². The highest BCUT2D eigenvalue weighted by molar-refractivity contribution is 6.74. The Morgan fingerprint density at radius 3 is 2.59 bits per heavy atom. The Morgan fingerprint density at radius 2 is 2.05 bits per heavy atom. The van der Waals surface area contributed by atoms with E-state index in [1.807, 2.05) is 0 Å². The molecule has 0 aromatic carbocycles. The van der Waals surface area contributed by atoms with E-state index in [0.717, 1.165) is 25.0 Å². The molecule has 0 saturated heterocycles. The lowest BCUT2D eigenvalue weighted by Crippen LogP contribution is -2.42. The summed E-state index contributed by atoms with van der Waals surface area (Å²) in [4.78, 5) is 3.95. The van der Waals surface area contributed by atoms with E-state index < -0.39 is 8.32 Å². The Kier molecular flexibility index (Phi) is 4.63. The summed E-state index contributed by atoms with van der Waals surface area (Å²) in [6.45, 7) is 12.0. The van der Waals surface area contributed by atoms with Crippen molar-refractivity contribution in [3.63, 3.8) is 0 Å². The predicted octanol–water partition coefficient (Wildman–Crippen LogP) is 4.47. The number of nitrogens with zero attached hydrogens (tertiary/aromatic N) is 1. The number of nitrogens with two attached hydrogens (primary N) is 1. The molecule has 120 valence electrons. The number of aromatic nitrogens is 1. The SMILES string of the molecule is CC(C)(C)[Si](C)(C)OCC1(C#Cc2ccnc(Cl)c2N)CC1. The number of hydrogen-bond acceptors (Lipinski definition) is 3. The molecule has 22 heavy (non-hydrogen) atoms. The molecule has 2 rings (SSSR count). The maximum Gasteiger partial charge on any atom is 0.192 e. The van der Waals surface area contributed by atoms with Crippen LogP contribution in [0.1, 0.15) is 39.2 Å². The molecule has 0 spiro atoms. The van der Waals surface area contributed by atoms with Crippen LogP contribution in [0.25, 0.3) is 0 Å². The van der Waals surface area contributed by atoms with E-state index in [1.54, 1.807) is 12.3 Å². The van der Waals surface area contributed by atoms with Crippen LogP contribution in [0.15, 0.2) is 12.3 Å². The standard InChI is InChI=1S/C17H25ClN2OSi/c1-16(2,3)22(4,5)21-12-17(9-10-17)8-6-13-7-11-20-15(18)14(13)19/h7,11H,9-10,12,19H2,1-5H3. The van der Waals surface area contributed by atoms with Crippen LogP contribution in [-0.4, -0.2) is 19.9 Å². The number of halogens is 1. The molecule has 1 aliphatic rings. The average molecular weight is 337 g/mol. The second-order valence-corrected chi connectivity index (χ2v) is 12.8. The van der Waals surface area contributed by atoms with Crippen LogP contribution < -0.4 is 5.73 Å². The molecule has 0 amide bonds. The van der Waals surface area contributed by atoms with Crippen molar-refractivity contribution in [2.24, 2.45) is 5.41 Å². The fraction of sp³-hybridized carbons (Fsp3) is 0.588. The molecule has 2 N–H and O–H groups in total. The highest BCUT2D eigenvalue weighted by Crippen LogP contribution is 2.47. The van der Waals surface area contributed by atoms with Crippen molar-refractivity contribution in [2.75, 3.05) is 12.3 Å². The molecule has 1 saturated carbocycles. The second-order valence-electron chi connectivity index (χ2n) is 7.64. The van der Waals surface area contributed by atoms with E-state index in [4.69, 9.17) is 21.8 Å². The summed E-state index contributed by atoms with van der Waals surface area (Å²) in [6, 6.07) is 1.80. The zero-order chi connectivity index (χ0) is 16.6. The summed E-state index contributed by atoms with van der Waals surface area (Å²) in [5.41, 5.74) is 7.11. The van der Waals surface area contributed by atoms with Gasteiger partial charge in [0.05, 0.1) is 23.3 Å². The number of pyridine rings is 1. The maximum absolute atomic E-state index is 6.33. The summed E-state index contributed by atoms with van der Waals surface area (Å²) in [5, 5.41) is 0.536. The molecule has 0 bridgehead atoms. The molecule has 0 unspecified atom stereocenters. The smallest absolute Gasteiger partial charge is 0.192 e. The molecule has 1 aromatic heterocycles. The van der Waals surface area contributed by atoms with Gasteiger partial charge in [0, 0.05) is 6.20 Å². The van der Waals surface area contributed by atoms with Gasteiger partial charge in [-0.05, 0) is 37.0 Å². The summed E-state index contributed by atoms with van der Waals surface area (Å²) >= 11 is 5.93. The van der Waals surface area contributed by atoms with E-state index >= 15 is 0 Å². The summed E-state index contributed by atoms with van der Waals surface area (Å²) in [6.07, 6.45) is 3.81. The van der Waals surface area contributed by atoms with Gasteiger partial charge in [-0.25, -0.2) is 4.98 Å². The summed E-state index contributed by atoms with van der Waals surface area (Å²) in [7, 11) is -1.73. The largest absolute Gasteiger partial charge is 0.415 e. The van der Waals surface area contributed by atoms with E-state index in [2.05, 4.69) is 50.7 Å². The van der Waals surface area contributed by atoms with Gasteiger partial charge in [-0.15, -0.1) is 0 Å². The number of rotatable bonds is 3. The molecule has 5 heteroatoms. The number of hydrogen-bond donors (Lipinski definition) is 1. The van der Waals surface area contributed by atoms with Crippen LogP contribution in [0, 0.1) is 17.3 Å². The van der Waals surface area contributed by atoms with Gasteiger partial charge in [0.2, 0.25) is 0 Å². The molecule has 0 aliphatic heterocycles. The van der Waals surface area contributed by atoms with Gasteiger partial charge in [0.25, 0.3) is 0 Å². The van der Waals surface area contributed by atoms with Crippen LogP contribution >= 0.6 is 11.6 Å². The minimum atomic E-state index is -1.73. The van der Waals surface area contributed by atoms with Gasteiger partial charge >= 0.3 is 0 Å². The molecule has 1 heterocycles. The Hall–Kier alpha value is -1.02. The van der Waals surface area contributed by atoms with Gasteiger partial charge in [-0.2, -0.15) is 0 Å². The van der Waals surface area contributed by atoms with Gasteiger partial charge in [0.1, 0.15) is 0 Å². The third-order valence-corrected chi connectivity index (χ3v) is 9.55. The first kappa shape index (κ1) is 17.3. The first-order chi connectivity index (χ1) is 10.1. The minimum Gasteiger partial charge on any atom is -0.415 e. The zero-order valence-electron chi connectivity index (χ0n) is 14.1. The van der Waals surface area contributed by atoms with E-state index in [1.165, 1.54) is 0 Å². The average Bonchev–Trinajstić information content (AvgIpc) is 3.18. The molecule has 3 nitrogen and oxygen atoms in total. The highest BCUT2D eigenvalue weighted by Gasteiger charge is 2.45. The van der Waals surface area contributed by atoms with Crippen molar-refractivity contribution in [1.29, 1.82) is 0 Å². The predicted molar refractivity (Wildman–Crippen MR) is 95.4 cm³/mol. The quantitative estimate of drug-likeness (QED) is 0.503. The third kappa shape index (κ3) is 3.84. The molecule has 0 atom stereocenters. The topological polar surface area (TPSA) is 48.1 Å². The van der Waals surface area contributed by atoms with Crippen molar-refractivity contribution in [2.45, 2.75) is 51.7 Å². The van der Waals surface area contributed by atoms with Crippen molar-refractivity contribution < 1.29 is 4.43 Å². The minimum absolute atomic E-state index is 0.00228. The van der Waals surface area contributed by atoms with Crippen LogP contribution in [0.3, 0.4) is 0 Å². The lowest BCUT2D eigenvalue weighted by atomic mass is 10.1. The summed E-state index contributed by atoms with van der Waals surface area (Å²) < 4.78 is 6.33. The van der Waals surface area contributed by atoms with Crippen molar-refractivity contribution in [3.8, 4) is 11.8 Å². The molecular formula is C17H25ClN2OSi.